The van der Waals surface area contributed by atoms with E-state index in [1.54, 1.807) is 19.1 Å². The highest BCUT2D eigenvalue weighted by atomic mass is 32.1. The number of para-hydroxylation sites is 1. The second-order valence-electron chi connectivity index (χ2n) is 6.01. The molecule has 2 aromatic carbocycles. The molecule has 8 heteroatoms. The van der Waals surface area contributed by atoms with Crippen molar-refractivity contribution in [3.63, 3.8) is 0 Å². The molecule has 4 aromatic rings. The van der Waals surface area contributed by atoms with Crippen molar-refractivity contribution < 1.29 is 13.7 Å². The molecular weight excluding hydrogens is 367 g/mol. The highest BCUT2D eigenvalue weighted by Crippen LogP contribution is 2.25. The van der Waals surface area contributed by atoms with Crippen LogP contribution in [0.4, 0.5) is 9.52 Å². The van der Waals surface area contributed by atoms with Crippen molar-refractivity contribution >= 4 is 32.6 Å². The van der Waals surface area contributed by atoms with Gasteiger partial charge in [-0.15, -0.1) is 0 Å². The van der Waals surface area contributed by atoms with E-state index >= 15 is 0 Å². The first kappa shape index (κ1) is 17.3. The first-order chi connectivity index (χ1) is 13.1. The molecule has 136 valence electrons. The Hall–Kier alpha value is -3.13. The summed E-state index contributed by atoms with van der Waals surface area (Å²) in [5.74, 6) is 0.116. The summed E-state index contributed by atoms with van der Waals surface area (Å²) in [6, 6.07) is 12.4. The zero-order valence-corrected chi connectivity index (χ0v) is 15.2. The van der Waals surface area contributed by atoms with E-state index in [2.05, 4.69) is 20.4 Å². The van der Waals surface area contributed by atoms with Crippen LogP contribution >= 0.6 is 11.3 Å². The third-order valence-corrected chi connectivity index (χ3v) is 4.96. The maximum absolute atomic E-state index is 13.7. The maximum atomic E-state index is 13.7. The molecule has 0 saturated carbocycles. The van der Waals surface area contributed by atoms with E-state index in [1.165, 1.54) is 17.4 Å². The summed E-state index contributed by atoms with van der Waals surface area (Å²) >= 11 is 1.42. The molecule has 6 nitrogen and oxygen atoms in total. The van der Waals surface area contributed by atoms with E-state index in [0.717, 1.165) is 10.2 Å². The van der Waals surface area contributed by atoms with Crippen LogP contribution in [0.2, 0.25) is 0 Å². The van der Waals surface area contributed by atoms with Gasteiger partial charge in [0, 0.05) is 18.4 Å². The van der Waals surface area contributed by atoms with Gasteiger partial charge in [-0.05, 0) is 30.7 Å². The van der Waals surface area contributed by atoms with Gasteiger partial charge in [-0.1, -0.05) is 40.8 Å². The van der Waals surface area contributed by atoms with Gasteiger partial charge in [0.25, 0.3) is 0 Å². The SMILES string of the molecule is Cc1ccc(-c2noc(CCC(=O)Nc3nc4ccccc4s3)n2)cc1F. The Kier molecular flexibility index (Phi) is 4.64. The number of fused-ring (bicyclic) bond motifs is 1. The molecule has 4 rings (SSSR count). The Labute approximate surface area is 158 Å². The lowest BCUT2D eigenvalue weighted by Gasteiger charge is -1.99. The summed E-state index contributed by atoms with van der Waals surface area (Å²) < 4.78 is 19.8. The van der Waals surface area contributed by atoms with Crippen LogP contribution < -0.4 is 5.32 Å². The van der Waals surface area contributed by atoms with Crippen molar-refractivity contribution in [1.82, 2.24) is 15.1 Å². The number of aryl methyl sites for hydroxylation is 2. The van der Waals surface area contributed by atoms with E-state index in [1.807, 2.05) is 24.3 Å². The number of aromatic nitrogens is 3. The van der Waals surface area contributed by atoms with Crippen LogP contribution in [0.25, 0.3) is 21.6 Å². The van der Waals surface area contributed by atoms with Gasteiger partial charge < -0.3 is 9.84 Å². The average Bonchev–Trinajstić information content (AvgIpc) is 3.28. The Morgan fingerprint density at radius 3 is 2.89 bits per heavy atom. The molecule has 1 amide bonds. The summed E-state index contributed by atoms with van der Waals surface area (Å²) in [6.07, 6.45) is 0.470. The van der Waals surface area contributed by atoms with Crippen molar-refractivity contribution in [3.05, 3.63) is 59.7 Å². The fourth-order valence-corrected chi connectivity index (χ4v) is 3.42. The van der Waals surface area contributed by atoms with Crippen molar-refractivity contribution in [1.29, 1.82) is 0 Å². The molecule has 0 unspecified atom stereocenters. The Bertz CT molecular complexity index is 1090. The number of halogens is 1. The number of thiazole rings is 1. The summed E-state index contributed by atoms with van der Waals surface area (Å²) in [6.45, 7) is 1.69. The largest absolute Gasteiger partial charge is 0.339 e. The van der Waals surface area contributed by atoms with Crippen LogP contribution in [0.15, 0.2) is 47.0 Å². The molecule has 0 fully saturated rings. The normalized spacial score (nSPS) is 11.0. The number of carbonyl (C=O) groups is 1. The minimum absolute atomic E-state index is 0.180. The smallest absolute Gasteiger partial charge is 0.227 e. The number of hydrogen-bond acceptors (Lipinski definition) is 6. The van der Waals surface area contributed by atoms with Gasteiger partial charge in [-0.2, -0.15) is 4.98 Å². The number of benzene rings is 2. The molecular formula is C19H15FN4O2S. The predicted molar refractivity (Wildman–Crippen MR) is 101 cm³/mol. The third-order valence-electron chi connectivity index (χ3n) is 4.00. The number of amides is 1. The molecule has 0 aliphatic rings. The first-order valence-corrected chi connectivity index (χ1v) is 9.15. The van der Waals surface area contributed by atoms with Gasteiger partial charge in [0.2, 0.25) is 17.6 Å². The molecule has 0 bridgehead atoms. The third kappa shape index (κ3) is 3.85. The molecule has 1 N–H and O–H groups in total. The number of nitrogens with zero attached hydrogens (tertiary/aromatic N) is 3. The monoisotopic (exact) mass is 382 g/mol. The molecule has 0 spiro atoms. The predicted octanol–water partition coefficient (Wildman–Crippen LogP) is 4.37. The van der Waals surface area contributed by atoms with E-state index < -0.39 is 0 Å². The second kappa shape index (κ2) is 7.24. The summed E-state index contributed by atoms with van der Waals surface area (Å²) in [7, 11) is 0. The highest BCUT2D eigenvalue weighted by Gasteiger charge is 2.13. The van der Waals surface area contributed by atoms with Crippen LogP contribution in [0.1, 0.15) is 17.9 Å². The summed E-state index contributed by atoms with van der Waals surface area (Å²) in [5.41, 5.74) is 1.94. The van der Waals surface area contributed by atoms with Crippen molar-refractivity contribution in [2.75, 3.05) is 5.32 Å². The molecule has 2 heterocycles. The zero-order chi connectivity index (χ0) is 18.8. The minimum Gasteiger partial charge on any atom is -0.339 e. The lowest BCUT2D eigenvalue weighted by atomic mass is 10.1. The molecule has 2 aromatic heterocycles. The molecule has 0 aliphatic heterocycles. The van der Waals surface area contributed by atoms with Crippen LogP contribution in [0, 0.1) is 12.7 Å². The van der Waals surface area contributed by atoms with Crippen molar-refractivity contribution in [3.8, 4) is 11.4 Å². The van der Waals surface area contributed by atoms with Crippen molar-refractivity contribution in [2.45, 2.75) is 19.8 Å². The van der Waals surface area contributed by atoms with E-state index in [9.17, 15) is 9.18 Å². The van der Waals surface area contributed by atoms with Gasteiger partial charge in [-0.25, -0.2) is 9.37 Å². The quantitative estimate of drug-likeness (QED) is 0.554. The Balaban J connectivity index is 1.37. The number of nitrogens with one attached hydrogen (secondary N) is 1. The number of rotatable bonds is 5. The van der Waals surface area contributed by atoms with Crippen LogP contribution in [-0.4, -0.2) is 21.0 Å². The Morgan fingerprint density at radius 1 is 1.22 bits per heavy atom. The lowest BCUT2D eigenvalue weighted by Crippen LogP contribution is -2.12. The van der Waals surface area contributed by atoms with Crippen molar-refractivity contribution in [2.24, 2.45) is 0 Å². The lowest BCUT2D eigenvalue weighted by molar-refractivity contribution is -0.116. The van der Waals surface area contributed by atoms with Gasteiger partial charge in [0.15, 0.2) is 5.13 Å². The fraction of sp³-hybridized carbons (Fsp3) is 0.158. The van der Waals surface area contributed by atoms with Crippen LogP contribution in [-0.2, 0) is 11.2 Å². The van der Waals surface area contributed by atoms with Gasteiger partial charge >= 0.3 is 0 Å². The number of anilines is 1. The van der Waals surface area contributed by atoms with E-state index in [0.29, 0.717) is 28.0 Å². The summed E-state index contributed by atoms with van der Waals surface area (Å²) in [5, 5.41) is 7.19. The van der Waals surface area contributed by atoms with E-state index in [-0.39, 0.29) is 24.6 Å². The molecule has 0 atom stereocenters. The van der Waals surface area contributed by atoms with Gasteiger partial charge in [-0.3, -0.25) is 4.79 Å². The molecule has 0 saturated heterocycles. The Morgan fingerprint density at radius 2 is 2.07 bits per heavy atom. The topological polar surface area (TPSA) is 80.9 Å². The molecule has 0 aliphatic carbocycles. The first-order valence-electron chi connectivity index (χ1n) is 8.33. The van der Waals surface area contributed by atoms with Crippen LogP contribution in [0.5, 0.6) is 0 Å². The van der Waals surface area contributed by atoms with Crippen LogP contribution in [0.3, 0.4) is 0 Å². The van der Waals surface area contributed by atoms with Gasteiger partial charge in [0.05, 0.1) is 10.2 Å². The zero-order valence-electron chi connectivity index (χ0n) is 14.4. The van der Waals surface area contributed by atoms with E-state index in [4.69, 9.17) is 4.52 Å². The second-order valence-corrected chi connectivity index (χ2v) is 7.04. The highest BCUT2D eigenvalue weighted by molar-refractivity contribution is 7.22. The standard InChI is InChI=1S/C19H15FN4O2S/c1-11-6-7-12(10-13(11)20)18-23-17(26-24-18)9-8-16(25)22-19-21-14-4-2-3-5-15(14)27-19/h2-7,10H,8-9H2,1H3,(H,21,22,25). The minimum atomic E-state index is -0.325. The number of carbonyl (C=O) groups excluding carboxylic acids is 1. The number of hydrogen-bond donors (Lipinski definition) is 1. The average molecular weight is 382 g/mol. The molecule has 27 heavy (non-hydrogen) atoms. The molecule has 0 radical (unpaired) electrons. The maximum Gasteiger partial charge on any atom is 0.227 e. The fourth-order valence-electron chi connectivity index (χ4n) is 2.53. The van der Waals surface area contributed by atoms with Gasteiger partial charge in [0.1, 0.15) is 5.82 Å². The summed E-state index contributed by atoms with van der Waals surface area (Å²) in [4.78, 5) is 20.7.